The van der Waals surface area contributed by atoms with E-state index in [1.165, 1.54) is 0 Å². The molecule has 28 heavy (non-hydrogen) atoms. The summed E-state index contributed by atoms with van der Waals surface area (Å²) in [7, 11) is 0. The summed E-state index contributed by atoms with van der Waals surface area (Å²) >= 11 is 1.14. The van der Waals surface area contributed by atoms with Crippen LogP contribution in [0.1, 0.15) is 33.0 Å². The summed E-state index contributed by atoms with van der Waals surface area (Å²) in [6.45, 7) is 3.90. The smallest absolute Gasteiger partial charge is 0.349 e. The Hall–Kier alpha value is -3.00. The molecule has 7 nitrogen and oxygen atoms in total. The molecule has 0 spiro atoms. The van der Waals surface area contributed by atoms with E-state index in [0.717, 1.165) is 35.6 Å². The number of esters is 1. The molecule has 0 bridgehead atoms. The lowest BCUT2D eigenvalue weighted by molar-refractivity contribution is -0.119. The maximum Gasteiger partial charge on any atom is 0.349 e. The van der Waals surface area contributed by atoms with E-state index in [0.29, 0.717) is 32.9 Å². The predicted molar refractivity (Wildman–Crippen MR) is 107 cm³/mol. The third kappa shape index (κ3) is 3.31. The number of carbonyl (C=O) groups is 2. The monoisotopic (exact) mass is 397 g/mol. The van der Waals surface area contributed by atoms with Crippen molar-refractivity contribution in [2.24, 2.45) is 0 Å². The van der Waals surface area contributed by atoms with Gasteiger partial charge in [0.1, 0.15) is 15.5 Å². The van der Waals surface area contributed by atoms with Crippen molar-refractivity contribution < 1.29 is 14.3 Å². The van der Waals surface area contributed by atoms with Crippen LogP contribution in [0.4, 0.5) is 5.69 Å². The molecular formula is C20H19N3O4S. The molecule has 2 aromatic heterocycles. The fourth-order valence-corrected chi connectivity index (χ4v) is 4.47. The van der Waals surface area contributed by atoms with Crippen molar-refractivity contribution in [3.05, 3.63) is 56.4 Å². The molecule has 8 heteroatoms. The molecule has 0 fully saturated rings. The van der Waals surface area contributed by atoms with Gasteiger partial charge in [0.15, 0.2) is 6.61 Å². The number of ether oxygens (including phenoxy) is 1. The number of anilines is 1. The molecule has 4 rings (SSSR count). The van der Waals surface area contributed by atoms with Crippen LogP contribution in [0.2, 0.25) is 0 Å². The Balaban J connectivity index is 1.50. The van der Waals surface area contributed by atoms with Gasteiger partial charge in [-0.05, 0) is 43.5 Å². The molecule has 0 atom stereocenters. The summed E-state index contributed by atoms with van der Waals surface area (Å²) in [6, 6.07) is 7.35. The van der Waals surface area contributed by atoms with Crippen LogP contribution in [0.25, 0.3) is 10.2 Å². The molecule has 1 N–H and O–H groups in total. The third-order valence-electron chi connectivity index (χ3n) is 4.73. The maximum absolute atomic E-state index is 12.7. The molecule has 3 aromatic rings. The number of carbonyl (C=O) groups excluding carboxylic acids is 2. The average molecular weight is 397 g/mol. The second kappa shape index (κ2) is 7.20. The number of benzene rings is 1. The molecule has 0 aliphatic carbocycles. The standard InChI is InChI=1S/C20H19N3O4S/c1-11-5-3-6-13(9-11)21-15(24)10-27-20(26)17-12(2)16-18(28-17)22-14-7-4-8-23(14)19(16)25/h3,5-6,9H,4,7-8,10H2,1-2H3,(H,21,24). The molecule has 1 amide bonds. The summed E-state index contributed by atoms with van der Waals surface area (Å²) in [4.78, 5) is 42.6. The van der Waals surface area contributed by atoms with Crippen LogP contribution in [0, 0.1) is 13.8 Å². The number of nitrogens with zero attached hydrogens (tertiary/aromatic N) is 2. The Kier molecular flexibility index (Phi) is 4.72. The summed E-state index contributed by atoms with van der Waals surface area (Å²) in [6.07, 6.45) is 1.67. The van der Waals surface area contributed by atoms with E-state index in [2.05, 4.69) is 10.3 Å². The van der Waals surface area contributed by atoms with Crippen molar-refractivity contribution >= 4 is 39.1 Å². The van der Waals surface area contributed by atoms with E-state index < -0.39 is 18.5 Å². The van der Waals surface area contributed by atoms with E-state index in [1.54, 1.807) is 17.6 Å². The Bertz CT molecular complexity index is 1160. The second-order valence-electron chi connectivity index (χ2n) is 6.82. The SMILES string of the molecule is Cc1cccc(NC(=O)COC(=O)c2sc3nc4n(c(=O)c3c2C)CCC4)c1. The van der Waals surface area contributed by atoms with Crippen LogP contribution in [-0.2, 0) is 22.5 Å². The Morgan fingerprint density at radius 3 is 2.93 bits per heavy atom. The summed E-state index contributed by atoms with van der Waals surface area (Å²) < 4.78 is 6.84. The highest BCUT2D eigenvalue weighted by molar-refractivity contribution is 7.20. The van der Waals surface area contributed by atoms with Gasteiger partial charge in [0.25, 0.3) is 11.5 Å². The van der Waals surface area contributed by atoms with Gasteiger partial charge in [0.05, 0.1) is 5.39 Å². The summed E-state index contributed by atoms with van der Waals surface area (Å²) in [5, 5.41) is 3.16. The largest absolute Gasteiger partial charge is 0.451 e. The van der Waals surface area contributed by atoms with Crippen molar-refractivity contribution in [3.8, 4) is 0 Å². The predicted octanol–water partition coefficient (Wildman–Crippen LogP) is 2.82. The molecule has 0 saturated carbocycles. The Labute approximate surface area is 165 Å². The first-order valence-electron chi connectivity index (χ1n) is 9.00. The zero-order valence-corrected chi connectivity index (χ0v) is 16.4. The van der Waals surface area contributed by atoms with E-state index in [9.17, 15) is 14.4 Å². The van der Waals surface area contributed by atoms with Gasteiger partial charge < -0.3 is 10.1 Å². The number of aryl methyl sites for hydroxylation is 3. The average Bonchev–Trinajstić information content (AvgIpc) is 3.25. The number of amides is 1. The van der Waals surface area contributed by atoms with Crippen LogP contribution in [0.15, 0.2) is 29.1 Å². The van der Waals surface area contributed by atoms with Crippen molar-refractivity contribution in [1.29, 1.82) is 0 Å². The molecule has 1 aliphatic heterocycles. The molecule has 0 saturated heterocycles. The van der Waals surface area contributed by atoms with Crippen molar-refractivity contribution in [2.45, 2.75) is 33.2 Å². The number of nitrogens with one attached hydrogen (secondary N) is 1. The first-order chi connectivity index (χ1) is 13.4. The van der Waals surface area contributed by atoms with E-state index in [4.69, 9.17) is 4.74 Å². The van der Waals surface area contributed by atoms with Gasteiger partial charge in [-0.15, -0.1) is 11.3 Å². The van der Waals surface area contributed by atoms with Crippen molar-refractivity contribution in [2.75, 3.05) is 11.9 Å². The fraction of sp³-hybridized carbons (Fsp3) is 0.300. The van der Waals surface area contributed by atoms with Crippen molar-refractivity contribution in [3.63, 3.8) is 0 Å². The molecule has 1 aliphatic rings. The lowest BCUT2D eigenvalue weighted by Gasteiger charge is -2.07. The number of fused-ring (bicyclic) bond motifs is 2. The molecule has 3 heterocycles. The number of hydrogen-bond donors (Lipinski definition) is 1. The van der Waals surface area contributed by atoms with Crippen LogP contribution in [0.3, 0.4) is 0 Å². The molecule has 1 aromatic carbocycles. The van der Waals surface area contributed by atoms with Crippen LogP contribution in [-0.4, -0.2) is 28.0 Å². The minimum atomic E-state index is -0.621. The Morgan fingerprint density at radius 2 is 2.14 bits per heavy atom. The minimum Gasteiger partial charge on any atom is -0.451 e. The van der Waals surface area contributed by atoms with Crippen LogP contribution in [0.5, 0.6) is 0 Å². The molecular weight excluding hydrogens is 378 g/mol. The molecule has 0 radical (unpaired) electrons. The van der Waals surface area contributed by atoms with Gasteiger partial charge in [0, 0.05) is 18.7 Å². The van der Waals surface area contributed by atoms with E-state index >= 15 is 0 Å². The van der Waals surface area contributed by atoms with Gasteiger partial charge in [-0.2, -0.15) is 0 Å². The van der Waals surface area contributed by atoms with E-state index in [-0.39, 0.29) is 5.56 Å². The first-order valence-corrected chi connectivity index (χ1v) is 9.82. The van der Waals surface area contributed by atoms with E-state index in [1.807, 2.05) is 25.1 Å². The molecule has 144 valence electrons. The van der Waals surface area contributed by atoms with Gasteiger partial charge in [0.2, 0.25) is 0 Å². The topological polar surface area (TPSA) is 90.3 Å². The number of hydrogen-bond acceptors (Lipinski definition) is 6. The van der Waals surface area contributed by atoms with Gasteiger partial charge in [-0.3, -0.25) is 14.2 Å². The molecule has 0 unspecified atom stereocenters. The van der Waals surface area contributed by atoms with Gasteiger partial charge in [-0.25, -0.2) is 9.78 Å². The highest BCUT2D eigenvalue weighted by Crippen LogP contribution is 2.29. The quantitative estimate of drug-likeness (QED) is 0.684. The zero-order valence-electron chi connectivity index (χ0n) is 15.6. The minimum absolute atomic E-state index is 0.109. The number of thiophene rings is 1. The number of rotatable bonds is 4. The third-order valence-corrected chi connectivity index (χ3v) is 5.90. The summed E-state index contributed by atoms with van der Waals surface area (Å²) in [5.41, 5.74) is 2.11. The second-order valence-corrected chi connectivity index (χ2v) is 7.82. The highest BCUT2D eigenvalue weighted by atomic mass is 32.1. The lowest BCUT2D eigenvalue weighted by atomic mass is 10.2. The van der Waals surface area contributed by atoms with Gasteiger partial charge in [-0.1, -0.05) is 12.1 Å². The number of aromatic nitrogens is 2. The van der Waals surface area contributed by atoms with Crippen LogP contribution >= 0.6 is 11.3 Å². The highest BCUT2D eigenvalue weighted by Gasteiger charge is 2.24. The Morgan fingerprint density at radius 1 is 1.32 bits per heavy atom. The normalized spacial score (nSPS) is 12.8. The first kappa shape index (κ1) is 18.4. The van der Waals surface area contributed by atoms with Crippen LogP contribution < -0.4 is 10.9 Å². The zero-order chi connectivity index (χ0) is 19.8. The fourth-order valence-electron chi connectivity index (χ4n) is 3.39. The maximum atomic E-state index is 12.7. The summed E-state index contributed by atoms with van der Waals surface area (Å²) in [5.74, 6) is -0.282. The van der Waals surface area contributed by atoms with Gasteiger partial charge >= 0.3 is 5.97 Å². The lowest BCUT2D eigenvalue weighted by Crippen LogP contribution is -2.21. The van der Waals surface area contributed by atoms with Crippen molar-refractivity contribution in [1.82, 2.24) is 9.55 Å².